The lowest BCUT2D eigenvalue weighted by Gasteiger charge is -2.06. The summed E-state index contributed by atoms with van der Waals surface area (Å²) in [7, 11) is -3.36. The first-order valence-corrected chi connectivity index (χ1v) is 10.4. The summed E-state index contributed by atoms with van der Waals surface area (Å²) in [6.45, 7) is 2.13. The van der Waals surface area contributed by atoms with E-state index in [-0.39, 0.29) is 10.8 Å². The fourth-order valence-corrected chi connectivity index (χ4v) is 3.34. The van der Waals surface area contributed by atoms with E-state index in [1.165, 1.54) is 12.1 Å². The summed E-state index contributed by atoms with van der Waals surface area (Å²) < 4.78 is 23.3. The molecule has 0 spiro atoms. The van der Waals surface area contributed by atoms with Crippen LogP contribution in [0.5, 0.6) is 0 Å². The Hall–Kier alpha value is -2.67. The second kappa shape index (κ2) is 7.29. The molecule has 2 N–H and O–H groups in total. The number of carbonyl (C=O) groups excluding carboxylic acids is 1. The van der Waals surface area contributed by atoms with Gasteiger partial charge in [0.1, 0.15) is 5.82 Å². The maximum absolute atomic E-state index is 12.4. The molecular weight excluding hydrogens is 350 g/mol. The van der Waals surface area contributed by atoms with E-state index in [0.717, 1.165) is 42.4 Å². The number of hydrogen-bond acceptors (Lipinski definition) is 4. The Balaban J connectivity index is 1.81. The standard InChI is InChI=1S/C19H21N3O3S/c1-3-4-8-18-21-16-10-9-14(12-17(16)22-18)20-19(23)13-6-5-7-15(11-13)26(2,24)25/h5-7,9-12H,3-4,8H2,1-2H3,(H,20,23)(H,21,22). The molecule has 136 valence electrons. The fourth-order valence-electron chi connectivity index (χ4n) is 2.67. The van der Waals surface area contributed by atoms with Gasteiger partial charge in [-0.05, 0) is 42.8 Å². The minimum atomic E-state index is -3.36. The van der Waals surface area contributed by atoms with Crippen LogP contribution in [0.1, 0.15) is 35.9 Å². The van der Waals surface area contributed by atoms with Crippen molar-refractivity contribution >= 4 is 32.5 Å². The molecule has 0 atom stereocenters. The number of rotatable bonds is 6. The van der Waals surface area contributed by atoms with Gasteiger partial charge in [0.05, 0.1) is 15.9 Å². The number of nitrogens with one attached hydrogen (secondary N) is 2. The monoisotopic (exact) mass is 371 g/mol. The van der Waals surface area contributed by atoms with Crippen LogP contribution in [0.15, 0.2) is 47.4 Å². The molecule has 0 saturated heterocycles. The number of carbonyl (C=O) groups is 1. The van der Waals surface area contributed by atoms with Gasteiger partial charge in [0.2, 0.25) is 0 Å². The van der Waals surface area contributed by atoms with Gasteiger partial charge >= 0.3 is 0 Å². The Kier molecular flexibility index (Phi) is 5.08. The van der Waals surface area contributed by atoms with Crippen LogP contribution in [0, 0.1) is 0 Å². The highest BCUT2D eigenvalue weighted by Gasteiger charge is 2.12. The number of benzene rings is 2. The highest BCUT2D eigenvalue weighted by atomic mass is 32.2. The zero-order valence-electron chi connectivity index (χ0n) is 14.7. The molecule has 2 aromatic carbocycles. The maximum Gasteiger partial charge on any atom is 0.255 e. The summed E-state index contributed by atoms with van der Waals surface area (Å²) in [5, 5.41) is 2.80. The predicted octanol–water partition coefficient (Wildman–Crippen LogP) is 3.56. The summed E-state index contributed by atoms with van der Waals surface area (Å²) >= 11 is 0. The van der Waals surface area contributed by atoms with Gasteiger partial charge in [-0.15, -0.1) is 0 Å². The summed E-state index contributed by atoms with van der Waals surface area (Å²) in [5.74, 6) is 0.576. The molecule has 6 nitrogen and oxygen atoms in total. The number of aryl methyl sites for hydroxylation is 1. The molecule has 0 unspecified atom stereocenters. The Morgan fingerprint density at radius 2 is 2.00 bits per heavy atom. The Morgan fingerprint density at radius 1 is 1.19 bits per heavy atom. The Labute approximate surface area is 152 Å². The lowest BCUT2D eigenvalue weighted by atomic mass is 10.2. The van der Waals surface area contributed by atoms with E-state index in [1.54, 1.807) is 18.2 Å². The molecular formula is C19H21N3O3S. The van der Waals surface area contributed by atoms with Crippen LogP contribution >= 0.6 is 0 Å². The zero-order chi connectivity index (χ0) is 18.7. The van der Waals surface area contributed by atoms with Crippen LogP contribution in [0.3, 0.4) is 0 Å². The second-order valence-corrected chi connectivity index (χ2v) is 8.29. The quantitative estimate of drug-likeness (QED) is 0.693. The van der Waals surface area contributed by atoms with Crippen molar-refractivity contribution in [2.24, 2.45) is 0 Å². The normalized spacial score (nSPS) is 11.6. The molecule has 3 rings (SSSR count). The first-order valence-electron chi connectivity index (χ1n) is 8.47. The second-order valence-electron chi connectivity index (χ2n) is 6.27. The number of imidazole rings is 1. The average molecular weight is 371 g/mol. The van der Waals surface area contributed by atoms with E-state index >= 15 is 0 Å². The minimum absolute atomic E-state index is 0.120. The molecule has 0 radical (unpaired) electrons. The van der Waals surface area contributed by atoms with Gasteiger partial charge < -0.3 is 10.3 Å². The van der Waals surface area contributed by atoms with Gasteiger partial charge in [-0.1, -0.05) is 19.4 Å². The molecule has 0 aliphatic rings. The molecule has 26 heavy (non-hydrogen) atoms. The van der Waals surface area contributed by atoms with Crippen molar-refractivity contribution in [2.45, 2.75) is 31.1 Å². The number of H-pyrrole nitrogens is 1. The van der Waals surface area contributed by atoms with E-state index in [0.29, 0.717) is 11.3 Å². The van der Waals surface area contributed by atoms with Gasteiger partial charge in [-0.3, -0.25) is 4.79 Å². The molecule has 1 aromatic heterocycles. The molecule has 0 aliphatic carbocycles. The summed E-state index contributed by atoms with van der Waals surface area (Å²) in [6.07, 6.45) is 4.18. The van der Waals surface area contributed by atoms with Crippen LogP contribution in [0.2, 0.25) is 0 Å². The van der Waals surface area contributed by atoms with Gasteiger partial charge in [0.15, 0.2) is 9.84 Å². The predicted molar refractivity (Wildman–Crippen MR) is 102 cm³/mol. The van der Waals surface area contributed by atoms with Crippen molar-refractivity contribution in [3.05, 3.63) is 53.9 Å². The third-order valence-electron chi connectivity index (χ3n) is 4.08. The number of sulfone groups is 1. The number of hydrogen-bond donors (Lipinski definition) is 2. The number of fused-ring (bicyclic) bond motifs is 1. The molecule has 7 heteroatoms. The van der Waals surface area contributed by atoms with Crippen molar-refractivity contribution in [3.8, 4) is 0 Å². The largest absolute Gasteiger partial charge is 0.342 e. The number of unbranched alkanes of at least 4 members (excludes halogenated alkanes) is 1. The van der Waals surface area contributed by atoms with Crippen LogP contribution in [-0.2, 0) is 16.3 Å². The smallest absolute Gasteiger partial charge is 0.255 e. The van der Waals surface area contributed by atoms with Crippen LogP contribution in [-0.4, -0.2) is 30.5 Å². The summed E-state index contributed by atoms with van der Waals surface area (Å²) in [5.41, 5.74) is 2.63. The molecule has 1 heterocycles. The maximum atomic E-state index is 12.4. The number of aromatic nitrogens is 2. The number of nitrogens with zero attached hydrogens (tertiary/aromatic N) is 1. The molecule has 0 fully saturated rings. The summed E-state index contributed by atoms with van der Waals surface area (Å²) in [4.78, 5) is 20.4. The number of anilines is 1. The number of aromatic amines is 1. The lowest BCUT2D eigenvalue weighted by molar-refractivity contribution is 0.102. The van der Waals surface area contributed by atoms with E-state index in [9.17, 15) is 13.2 Å². The van der Waals surface area contributed by atoms with E-state index in [1.807, 2.05) is 12.1 Å². The minimum Gasteiger partial charge on any atom is -0.342 e. The van der Waals surface area contributed by atoms with Crippen molar-refractivity contribution < 1.29 is 13.2 Å². The Bertz CT molecular complexity index is 1050. The molecule has 3 aromatic rings. The van der Waals surface area contributed by atoms with Crippen molar-refractivity contribution in [3.63, 3.8) is 0 Å². The fraction of sp³-hybridized carbons (Fsp3) is 0.263. The first kappa shape index (κ1) is 18.1. The van der Waals surface area contributed by atoms with Gasteiger partial charge in [0, 0.05) is 23.9 Å². The van der Waals surface area contributed by atoms with Gasteiger partial charge in [-0.2, -0.15) is 0 Å². The molecule has 0 aliphatic heterocycles. The van der Waals surface area contributed by atoms with Crippen LogP contribution in [0.4, 0.5) is 5.69 Å². The van der Waals surface area contributed by atoms with Crippen molar-refractivity contribution in [2.75, 3.05) is 11.6 Å². The summed E-state index contributed by atoms with van der Waals surface area (Å²) in [6, 6.07) is 11.5. The third kappa shape index (κ3) is 4.11. The van der Waals surface area contributed by atoms with Gasteiger partial charge in [0.25, 0.3) is 5.91 Å². The third-order valence-corrected chi connectivity index (χ3v) is 5.19. The topological polar surface area (TPSA) is 91.9 Å². The van der Waals surface area contributed by atoms with Crippen molar-refractivity contribution in [1.29, 1.82) is 0 Å². The molecule has 1 amide bonds. The first-order chi connectivity index (χ1) is 12.4. The zero-order valence-corrected chi connectivity index (χ0v) is 15.6. The molecule has 0 saturated carbocycles. The highest BCUT2D eigenvalue weighted by molar-refractivity contribution is 7.90. The highest BCUT2D eigenvalue weighted by Crippen LogP contribution is 2.19. The van der Waals surface area contributed by atoms with E-state index in [4.69, 9.17) is 0 Å². The van der Waals surface area contributed by atoms with Crippen molar-refractivity contribution in [1.82, 2.24) is 9.97 Å². The van der Waals surface area contributed by atoms with Crippen LogP contribution < -0.4 is 5.32 Å². The molecule has 0 bridgehead atoms. The van der Waals surface area contributed by atoms with Crippen LogP contribution in [0.25, 0.3) is 11.0 Å². The number of amides is 1. The average Bonchev–Trinajstić information content (AvgIpc) is 3.01. The Morgan fingerprint density at radius 3 is 2.73 bits per heavy atom. The van der Waals surface area contributed by atoms with Gasteiger partial charge in [-0.25, -0.2) is 13.4 Å². The SMILES string of the molecule is CCCCc1nc2ccc(NC(=O)c3cccc(S(C)(=O)=O)c3)cc2[nH]1. The van der Waals surface area contributed by atoms with E-state index in [2.05, 4.69) is 22.2 Å². The lowest BCUT2D eigenvalue weighted by Crippen LogP contribution is -2.12. The van der Waals surface area contributed by atoms with E-state index < -0.39 is 9.84 Å².